The van der Waals surface area contributed by atoms with Crippen LogP contribution in [-0.2, 0) is 23.7 Å². The smallest absolute Gasteiger partial charge is 0.220 e. The lowest BCUT2D eigenvalue weighted by Gasteiger charge is -2.46. The second-order valence-corrected chi connectivity index (χ2v) is 23.2. The molecule has 9 N–H and O–H groups in total. The molecule has 83 heavy (non-hydrogen) atoms. The van der Waals surface area contributed by atoms with Crippen LogP contribution in [0.2, 0.25) is 0 Å². The number of carbonyl (C=O) groups excluding carboxylic acids is 1. The molecule has 0 spiro atoms. The maximum atomic E-state index is 13.2. The third-order valence-corrected chi connectivity index (χ3v) is 15.8. The number of allylic oxidation sites excluding steroid dienone is 13. The minimum Gasteiger partial charge on any atom is -0.394 e. The van der Waals surface area contributed by atoms with Gasteiger partial charge in [0, 0.05) is 6.42 Å². The Kier molecular flexibility index (Phi) is 49.1. The van der Waals surface area contributed by atoms with Gasteiger partial charge in [-0.1, -0.05) is 259 Å². The molecule has 0 aromatic heterocycles. The summed E-state index contributed by atoms with van der Waals surface area (Å²) < 4.78 is 22.7. The van der Waals surface area contributed by atoms with Crippen molar-refractivity contribution >= 4 is 5.91 Å². The van der Waals surface area contributed by atoms with E-state index in [4.69, 9.17) is 18.9 Å². The number of hydrogen-bond acceptors (Lipinski definition) is 13. The number of nitrogens with one attached hydrogen (secondary N) is 1. The SMILES string of the molecule is CC/C=C\C/C=C\C/C=C\C/C=C\C/C=C\CCCCCCCCCCCCCCCCCCCCCCCCCCCC(=O)NC(COC1OC(CO)C(OC2OC(CO)C(O)C(O)C2O)C(O)C1O)C(O)/C=C/CC/C=C/CCCC. The summed E-state index contributed by atoms with van der Waals surface area (Å²) in [6.45, 7) is 2.58. The minimum absolute atomic E-state index is 0.251. The van der Waals surface area contributed by atoms with Gasteiger partial charge < -0.3 is 65.1 Å². The van der Waals surface area contributed by atoms with Crippen molar-refractivity contribution in [2.75, 3.05) is 19.8 Å². The summed E-state index contributed by atoms with van der Waals surface area (Å²) in [7, 11) is 0. The van der Waals surface area contributed by atoms with Crippen molar-refractivity contribution in [2.24, 2.45) is 0 Å². The number of hydrogen-bond donors (Lipinski definition) is 9. The Bertz CT molecular complexity index is 1710. The highest BCUT2D eigenvalue weighted by atomic mass is 16.7. The lowest BCUT2D eigenvalue weighted by molar-refractivity contribution is -0.359. The quantitative estimate of drug-likeness (QED) is 0.0204. The third kappa shape index (κ3) is 38.1. The van der Waals surface area contributed by atoms with Gasteiger partial charge in [0.1, 0.15) is 48.8 Å². The van der Waals surface area contributed by atoms with Crippen LogP contribution in [-0.4, -0.2) is 140 Å². The molecule has 0 bridgehead atoms. The van der Waals surface area contributed by atoms with Crippen molar-refractivity contribution in [3.63, 3.8) is 0 Å². The molecule has 2 aliphatic heterocycles. The normalized spacial score (nSPS) is 24.4. The average molecular weight is 1170 g/mol. The van der Waals surface area contributed by atoms with E-state index < -0.39 is 86.8 Å². The van der Waals surface area contributed by atoms with E-state index in [1.54, 1.807) is 6.08 Å². The molecule has 14 heteroatoms. The van der Waals surface area contributed by atoms with Crippen LogP contribution in [0.4, 0.5) is 0 Å². The molecule has 14 nitrogen and oxygen atoms in total. The zero-order valence-corrected chi connectivity index (χ0v) is 51.9. The Morgan fingerprint density at radius 2 is 0.843 bits per heavy atom. The van der Waals surface area contributed by atoms with Crippen molar-refractivity contribution in [3.05, 3.63) is 85.1 Å². The molecule has 12 atom stereocenters. The number of aliphatic hydroxyl groups excluding tert-OH is 8. The summed E-state index contributed by atoms with van der Waals surface area (Å²) >= 11 is 0. The van der Waals surface area contributed by atoms with E-state index >= 15 is 0 Å². The zero-order valence-electron chi connectivity index (χ0n) is 51.9. The highest BCUT2D eigenvalue weighted by Crippen LogP contribution is 2.30. The predicted molar refractivity (Wildman–Crippen MR) is 336 cm³/mol. The van der Waals surface area contributed by atoms with Gasteiger partial charge in [0.15, 0.2) is 12.6 Å². The minimum atomic E-state index is -1.79. The standard InChI is InChI=1S/C69H121NO13/c1-3-5-7-9-11-13-14-15-16-17-18-19-20-21-22-23-24-25-26-27-28-29-30-31-32-33-34-35-36-37-38-39-40-41-42-43-44-45-47-49-51-53-61(74)70-57(58(73)52-50-48-46-12-10-8-6-4-2)56-80-68-66(79)64(77)67(60(55-72)82-68)83-69-65(78)63(76)62(75)59(54-71)81-69/h5,7,10-13,15-16,18-19,21-22,50,52,57-60,62-69,71-73,75-79H,3-4,6,8-9,14,17,20,23-49,51,53-56H2,1-2H3,(H,70,74)/b7-5-,12-10+,13-11-,16-15-,19-18-,22-21-,52-50+. The Morgan fingerprint density at radius 1 is 0.446 bits per heavy atom. The van der Waals surface area contributed by atoms with E-state index in [-0.39, 0.29) is 18.9 Å². The lowest BCUT2D eigenvalue weighted by Crippen LogP contribution is -2.65. The Balaban J connectivity index is 1.49. The molecule has 2 heterocycles. The number of carbonyl (C=O) groups is 1. The number of amides is 1. The highest BCUT2D eigenvalue weighted by Gasteiger charge is 2.51. The van der Waals surface area contributed by atoms with E-state index in [0.717, 1.165) is 77.0 Å². The number of rotatable bonds is 53. The Morgan fingerprint density at radius 3 is 1.33 bits per heavy atom. The van der Waals surface area contributed by atoms with Gasteiger partial charge in [-0.2, -0.15) is 0 Å². The van der Waals surface area contributed by atoms with Crippen LogP contribution in [0.15, 0.2) is 85.1 Å². The first-order valence-corrected chi connectivity index (χ1v) is 33.3. The monoisotopic (exact) mass is 1170 g/mol. The highest BCUT2D eigenvalue weighted by molar-refractivity contribution is 5.76. The molecule has 2 saturated heterocycles. The summed E-state index contributed by atoms with van der Waals surface area (Å²) in [6.07, 6.45) is 57.1. The summed E-state index contributed by atoms with van der Waals surface area (Å²) in [5, 5.41) is 86.8. The largest absolute Gasteiger partial charge is 0.394 e. The maximum absolute atomic E-state index is 13.2. The van der Waals surface area contributed by atoms with E-state index in [1.807, 2.05) is 6.08 Å². The fourth-order valence-electron chi connectivity index (χ4n) is 10.5. The van der Waals surface area contributed by atoms with Crippen LogP contribution in [0.3, 0.4) is 0 Å². The first kappa shape index (κ1) is 76.3. The number of unbranched alkanes of at least 4 members (excludes halogenated alkanes) is 28. The first-order valence-electron chi connectivity index (χ1n) is 33.3. The molecule has 0 aromatic carbocycles. The van der Waals surface area contributed by atoms with Gasteiger partial charge in [-0.3, -0.25) is 4.79 Å². The van der Waals surface area contributed by atoms with E-state index in [2.05, 4.69) is 92.1 Å². The summed E-state index contributed by atoms with van der Waals surface area (Å²) in [5.41, 5.74) is 0. The van der Waals surface area contributed by atoms with Crippen molar-refractivity contribution in [1.29, 1.82) is 0 Å². The van der Waals surface area contributed by atoms with Gasteiger partial charge in [-0.15, -0.1) is 0 Å². The second-order valence-electron chi connectivity index (χ2n) is 23.2. The fourth-order valence-corrected chi connectivity index (χ4v) is 10.5. The maximum Gasteiger partial charge on any atom is 0.220 e. The molecular weight excluding hydrogens is 1050 g/mol. The van der Waals surface area contributed by atoms with E-state index in [0.29, 0.717) is 12.8 Å². The van der Waals surface area contributed by atoms with Gasteiger partial charge in [-0.25, -0.2) is 0 Å². The Hall–Kier alpha value is -2.83. The van der Waals surface area contributed by atoms with Crippen molar-refractivity contribution < 1.29 is 64.6 Å². The summed E-state index contributed by atoms with van der Waals surface area (Å²) in [6, 6.07) is -0.930. The second kappa shape index (κ2) is 53.4. The molecule has 0 aliphatic carbocycles. The first-order chi connectivity index (χ1) is 40.6. The molecule has 0 radical (unpaired) electrons. The molecule has 1 amide bonds. The average Bonchev–Trinajstić information content (AvgIpc) is 3.45. The lowest BCUT2D eigenvalue weighted by atomic mass is 9.97. The number of aliphatic hydroxyl groups is 8. The van der Waals surface area contributed by atoms with E-state index in [1.165, 1.54) is 141 Å². The van der Waals surface area contributed by atoms with Crippen LogP contribution in [0.25, 0.3) is 0 Å². The summed E-state index contributed by atoms with van der Waals surface area (Å²) in [4.78, 5) is 13.2. The van der Waals surface area contributed by atoms with Gasteiger partial charge in [0.2, 0.25) is 5.91 Å². The van der Waals surface area contributed by atoms with Gasteiger partial charge in [0.05, 0.1) is 32.0 Å². The van der Waals surface area contributed by atoms with Crippen LogP contribution >= 0.6 is 0 Å². The number of ether oxygens (including phenoxy) is 4. The molecule has 480 valence electrons. The molecule has 2 fully saturated rings. The van der Waals surface area contributed by atoms with Gasteiger partial charge in [0.25, 0.3) is 0 Å². The summed E-state index contributed by atoms with van der Waals surface area (Å²) in [5.74, 6) is -0.251. The molecule has 0 saturated carbocycles. The molecule has 12 unspecified atom stereocenters. The van der Waals surface area contributed by atoms with Crippen molar-refractivity contribution in [2.45, 2.75) is 325 Å². The Labute approximate surface area is 503 Å². The van der Waals surface area contributed by atoms with E-state index in [9.17, 15) is 45.6 Å². The fraction of sp³-hybridized carbons (Fsp3) is 0.783. The molecule has 2 aliphatic rings. The van der Waals surface area contributed by atoms with Gasteiger partial charge in [-0.05, 0) is 70.6 Å². The molecule has 2 rings (SSSR count). The topological polar surface area (TPSA) is 228 Å². The molecular formula is C69H121NO13. The van der Waals surface area contributed by atoms with Crippen molar-refractivity contribution in [3.8, 4) is 0 Å². The van der Waals surface area contributed by atoms with Crippen LogP contribution < -0.4 is 5.32 Å². The molecule has 0 aromatic rings. The van der Waals surface area contributed by atoms with Crippen molar-refractivity contribution in [1.82, 2.24) is 5.32 Å². The van der Waals surface area contributed by atoms with Crippen LogP contribution in [0.5, 0.6) is 0 Å². The van der Waals surface area contributed by atoms with Crippen LogP contribution in [0.1, 0.15) is 251 Å². The zero-order chi connectivity index (χ0) is 60.2. The third-order valence-electron chi connectivity index (χ3n) is 15.8. The van der Waals surface area contributed by atoms with Gasteiger partial charge >= 0.3 is 0 Å². The predicted octanol–water partition coefficient (Wildman–Crippen LogP) is 12.8. The van der Waals surface area contributed by atoms with Crippen LogP contribution in [0, 0.1) is 0 Å².